The first-order chi connectivity index (χ1) is 8.35. The molecule has 1 fully saturated rings. The van der Waals surface area contributed by atoms with E-state index in [0.29, 0.717) is 6.42 Å². The third kappa shape index (κ3) is 2.97. The number of hydrogen-bond donors (Lipinski definition) is 6. The first-order valence-electron chi connectivity index (χ1n) is 5.72. The van der Waals surface area contributed by atoms with Crippen LogP contribution in [-0.2, 0) is 9.53 Å². The van der Waals surface area contributed by atoms with Gasteiger partial charge in [-0.05, 0) is 6.42 Å². The third-order valence-electron chi connectivity index (χ3n) is 2.76. The largest absolute Gasteiger partial charge is 0.394 e. The molecule has 1 heterocycles. The quantitative estimate of drug-likeness (QED) is 0.298. The summed E-state index contributed by atoms with van der Waals surface area (Å²) in [5, 5.41) is 49.5. The van der Waals surface area contributed by atoms with Crippen LogP contribution in [0.1, 0.15) is 19.8 Å². The van der Waals surface area contributed by atoms with E-state index in [1.54, 1.807) is 6.92 Å². The second kappa shape index (κ2) is 5.91. The van der Waals surface area contributed by atoms with Crippen LogP contribution in [0.4, 0.5) is 0 Å². The van der Waals surface area contributed by atoms with Crippen molar-refractivity contribution >= 4 is 5.91 Å². The fourth-order valence-corrected chi connectivity index (χ4v) is 1.75. The highest BCUT2D eigenvalue weighted by Crippen LogP contribution is 2.26. The Balaban J connectivity index is 2.81. The predicted molar refractivity (Wildman–Crippen MR) is 58.0 cm³/mol. The summed E-state index contributed by atoms with van der Waals surface area (Å²) in [6.45, 7) is 1.06. The lowest BCUT2D eigenvalue weighted by molar-refractivity contribution is -0.358. The van der Waals surface area contributed by atoms with Crippen molar-refractivity contribution in [3.8, 4) is 0 Å². The van der Waals surface area contributed by atoms with Crippen molar-refractivity contribution in [2.24, 2.45) is 0 Å². The minimum absolute atomic E-state index is 0.0980. The van der Waals surface area contributed by atoms with E-state index in [1.165, 1.54) is 0 Å². The molecule has 0 bridgehead atoms. The third-order valence-corrected chi connectivity index (χ3v) is 2.76. The van der Waals surface area contributed by atoms with Gasteiger partial charge in [0.2, 0.25) is 5.91 Å². The summed E-state index contributed by atoms with van der Waals surface area (Å²) >= 11 is 0. The number of rotatable bonds is 4. The van der Waals surface area contributed by atoms with Gasteiger partial charge in [0.15, 0.2) is 6.10 Å². The van der Waals surface area contributed by atoms with Crippen LogP contribution in [0.15, 0.2) is 0 Å². The summed E-state index contributed by atoms with van der Waals surface area (Å²) in [5.41, 5.74) is 0. The Morgan fingerprint density at radius 2 is 1.94 bits per heavy atom. The van der Waals surface area contributed by atoms with E-state index in [9.17, 15) is 25.2 Å². The molecular weight excluding hydrogens is 246 g/mol. The fraction of sp³-hybridized carbons (Fsp3) is 0.900. The van der Waals surface area contributed by atoms with E-state index in [4.69, 9.17) is 9.84 Å². The highest BCUT2D eigenvalue weighted by molar-refractivity contribution is 5.76. The zero-order valence-corrected chi connectivity index (χ0v) is 9.98. The molecule has 0 aromatic rings. The Morgan fingerprint density at radius 1 is 1.33 bits per heavy atom. The molecule has 0 aromatic heterocycles. The lowest BCUT2D eigenvalue weighted by atomic mass is 9.96. The normalized spacial score (nSPS) is 40.6. The Bertz CT molecular complexity index is 298. The fourth-order valence-electron chi connectivity index (χ4n) is 1.75. The monoisotopic (exact) mass is 265 g/mol. The van der Waals surface area contributed by atoms with E-state index in [0.717, 1.165) is 0 Å². The Labute approximate surface area is 104 Å². The molecule has 0 aromatic carbocycles. The number of carbonyl (C=O) groups is 1. The summed E-state index contributed by atoms with van der Waals surface area (Å²) in [6.07, 6.45) is -5.92. The molecule has 0 aliphatic carbocycles. The van der Waals surface area contributed by atoms with Gasteiger partial charge in [-0.1, -0.05) is 6.92 Å². The zero-order chi connectivity index (χ0) is 13.9. The zero-order valence-electron chi connectivity index (χ0n) is 9.98. The molecular formula is C10H19NO7. The van der Waals surface area contributed by atoms with Gasteiger partial charge in [-0.3, -0.25) is 4.79 Å². The number of ether oxygens (including phenoxy) is 1. The second-order valence-electron chi connectivity index (χ2n) is 4.26. The number of aliphatic hydroxyl groups excluding tert-OH is 4. The Kier molecular flexibility index (Phi) is 5.02. The molecule has 5 atom stereocenters. The molecule has 18 heavy (non-hydrogen) atoms. The summed E-state index contributed by atoms with van der Waals surface area (Å²) in [7, 11) is 0. The van der Waals surface area contributed by atoms with Crippen molar-refractivity contribution in [2.45, 2.75) is 50.1 Å². The molecule has 5 unspecified atom stereocenters. The van der Waals surface area contributed by atoms with Gasteiger partial charge in [-0.2, -0.15) is 0 Å². The standard InChI is InChI=1S/C10H19NO7/c1-2-3-6(13)11-10(17)9(16)8(15)7(14)5(4-12)18-10/h5,7-9,12,14-17H,2-4H2,1H3,(H,11,13). The van der Waals surface area contributed by atoms with Gasteiger partial charge >= 0.3 is 0 Å². The van der Waals surface area contributed by atoms with Crippen LogP contribution >= 0.6 is 0 Å². The molecule has 8 heteroatoms. The van der Waals surface area contributed by atoms with Crippen molar-refractivity contribution in [3.63, 3.8) is 0 Å². The van der Waals surface area contributed by atoms with Crippen LogP contribution in [0.2, 0.25) is 0 Å². The van der Waals surface area contributed by atoms with E-state index < -0.39 is 42.8 Å². The van der Waals surface area contributed by atoms with Gasteiger partial charge in [0.1, 0.15) is 18.3 Å². The van der Waals surface area contributed by atoms with Gasteiger partial charge in [-0.15, -0.1) is 0 Å². The molecule has 8 nitrogen and oxygen atoms in total. The summed E-state index contributed by atoms with van der Waals surface area (Å²) in [6, 6.07) is 0. The second-order valence-corrected chi connectivity index (χ2v) is 4.26. The van der Waals surface area contributed by atoms with Crippen LogP contribution < -0.4 is 5.32 Å². The lowest BCUT2D eigenvalue weighted by Gasteiger charge is -2.45. The predicted octanol–water partition coefficient (Wildman–Crippen LogP) is -2.98. The van der Waals surface area contributed by atoms with Crippen LogP contribution in [-0.4, -0.2) is 68.4 Å². The highest BCUT2D eigenvalue weighted by Gasteiger charge is 2.53. The maximum absolute atomic E-state index is 11.4. The van der Waals surface area contributed by atoms with Gasteiger partial charge in [0.25, 0.3) is 5.91 Å². The maximum Gasteiger partial charge on any atom is 0.279 e. The average Bonchev–Trinajstić information content (AvgIpc) is 2.32. The minimum Gasteiger partial charge on any atom is -0.394 e. The molecule has 1 rings (SSSR count). The number of aliphatic hydroxyl groups is 5. The number of amides is 1. The molecule has 1 aliphatic rings. The minimum atomic E-state index is -2.53. The molecule has 1 amide bonds. The van der Waals surface area contributed by atoms with Crippen molar-refractivity contribution < 1.29 is 35.1 Å². The van der Waals surface area contributed by atoms with E-state index in [-0.39, 0.29) is 6.42 Å². The average molecular weight is 265 g/mol. The van der Waals surface area contributed by atoms with Crippen LogP contribution in [0.3, 0.4) is 0 Å². The van der Waals surface area contributed by atoms with Crippen molar-refractivity contribution in [2.75, 3.05) is 6.61 Å². The molecule has 1 aliphatic heterocycles. The van der Waals surface area contributed by atoms with Crippen LogP contribution in [0.25, 0.3) is 0 Å². The summed E-state index contributed by atoms with van der Waals surface area (Å²) in [4.78, 5) is 11.4. The molecule has 0 spiro atoms. The van der Waals surface area contributed by atoms with Crippen molar-refractivity contribution in [1.29, 1.82) is 0 Å². The highest BCUT2D eigenvalue weighted by atomic mass is 16.7. The van der Waals surface area contributed by atoms with E-state index in [1.807, 2.05) is 5.32 Å². The van der Waals surface area contributed by atoms with Crippen LogP contribution in [0, 0.1) is 0 Å². The SMILES string of the molecule is CCCC(=O)NC1(O)OC(CO)C(O)C(O)C1O. The van der Waals surface area contributed by atoms with Crippen molar-refractivity contribution in [1.82, 2.24) is 5.32 Å². The van der Waals surface area contributed by atoms with Crippen molar-refractivity contribution in [3.05, 3.63) is 0 Å². The first kappa shape index (κ1) is 15.3. The number of carbonyl (C=O) groups excluding carboxylic acids is 1. The van der Waals surface area contributed by atoms with Gasteiger partial charge in [0.05, 0.1) is 6.61 Å². The Morgan fingerprint density at radius 3 is 2.44 bits per heavy atom. The molecule has 0 saturated carbocycles. The maximum atomic E-state index is 11.4. The lowest BCUT2D eigenvalue weighted by Crippen LogP contribution is -2.71. The van der Waals surface area contributed by atoms with Gasteiger partial charge in [-0.25, -0.2) is 0 Å². The number of hydrogen-bond acceptors (Lipinski definition) is 7. The van der Waals surface area contributed by atoms with E-state index in [2.05, 4.69) is 0 Å². The van der Waals surface area contributed by atoms with E-state index >= 15 is 0 Å². The van der Waals surface area contributed by atoms with Gasteiger partial charge < -0.3 is 35.6 Å². The topological polar surface area (TPSA) is 139 Å². The Hall–Kier alpha value is -0.770. The summed E-state index contributed by atoms with van der Waals surface area (Å²) in [5.74, 6) is -3.11. The summed E-state index contributed by atoms with van der Waals surface area (Å²) < 4.78 is 4.85. The molecule has 0 radical (unpaired) electrons. The molecule has 6 N–H and O–H groups in total. The molecule has 1 saturated heterocycles. The van der Waals surface area contributed by atoms with Crippen LogP contribution in [0.5, 0.6) is 0 Å². The van der Waals surface area contributed by atoms with Gasteiger partial charge in [0, 0.05) is 6.42 Å². The molecule has 106 valence electrons. The first-order valence-corrected chi connectivity index (χ1v) is 5.72. The number of nitrogens with one attached hydrogen (secondary N) is 1. The smallest absolute Gasteiger partial charge is 0.279 e.